The van der Waals surface area contributed by atoms with Crippen LogP contribution in [0.25, 0.3) is 0 Å². The van der Waals surface area contributed by atoms with E-state index in [1.807, 2.05) is 6.92 Å². The van der Waals surface area contributed by atoms with Crippen LogP contribution in [0.15, 0.2) is 38.8 Å². The van der Waals surface area contributed by atoms with Gasteiger partial charge in [-0.15, -0.1) is 11.8 Å². The number of benzene rings is 1. The lowest BCUT2D eigenvalue weighted by Gasteiger charge is -2.30. The van der Waals surface area contributed by atoms with E-state index in [1.165, 1.54) is 15.5 Å². The first-order chi connectivity index (χ1) is 14.4. The smallest absolute Gasteiger partial charge is 0.330 e. The molecule has 0 radical (unpaired) electrons. The number of hydrogen-bond donors (Lipinski definition) is 2. The van der Waals surface area contributed by atoms with Crippen LogP contribution in [0.4, 0.5) is 15.9 Å². The average molecular weight is 435 g/mol. The molecular formula is C21H27FN4O3S. The molecule has 30 heavy (non-hydrogen) atoms. The third kappa shape index (κ3) is 4.77. The number of carbonyl (C=O) groups excluding carboxylic acids is 1. The number of H-pyrrole nitrogens is 1. The molecule has 1 aliphatic carbocycles. The number of hydrogen-bond acceptors (Lipinski definition) is 5. The molecule has 0 atom stereocenters. The maximum absolute atomic E-state index is 14.0. The number of nitrogen functional groups attached to an aromatic ring is 1. The Morgan fingerprint density at radius 2 is 2.00 bits per heavy atom. The summed E-state index contributed by atoms with van der Waals surface area (Å²) in [6.07, 6.45) is 4.97. The molecule has 7 nitrogen and oxygen atoms in total. The van der Waals surface area contributed by atoms with E-state index in [9.17, 15) is 18.8 Å². The number of aromatic amines is 1. The first kappa shape index (κ1) is 22.1. The molecule has 0 saturated heterocycles. The lowest BCUT2D eigenvalue weighted by molar-refractivity contribution is -0.116. The van der Waals surface area contributed by atoms with Crippen molar-refractivity contribution in [3.05, 3.63) is 50.9 Å². The molecule has 1 amide bonds. The SMILES string of the molecule is CCCCn1c(N)c(N(C(=O)CSc2ccccc2F)C2CCCC2)c(=O)[nH]c1=O. The highest BCUT2D eigenvalue weighted by Gasteiger charge is 2.32. The van der Waals surface area contributed by atoms with E-state index in [1.54, 1.807) is 18.2 Å². The van der Waals surface area contributed by atoms with Crippen molar-refractivity contribution in [2.75, 3.05) is 16.4 Å². The Morgan fingerprint density at radius 1 is 1.30 bits per heavy atom. The lowest BCUT2D eigenvalue weighted by atomic mass is 10.2. The summed E-state index contributed by atoms with van der Waals surface area (Å²) < 4.78 is 15.3. The quantitative estimate of drug-likeness (QED) is 0.622. The first-order valence-corrected chi connectivity index (χ1v) is 11.2. The summed E-state index contributed by atoms with van der Waals surface area (Å²) in [6.45, 7) is 2.35. The van der Waals surface area contributed by atoms with Crippen molar-refractivity contribution < 1.29 is 9.18 Å². The minimum atomic E-state index is -0.665. The Balaban J connectivity index is 1.96. The van der Waals surface area contributed by atoms with Crippen molar-refractivity contribution in [2.45, 2.75) is 62.9 Å². The first-order valence-electron chi connectivity index (χ1n) is 10.3. The number of halogens is 1. The van der Waals surface area contributed by atoms with E-state index in [0.29, 0.717) is 11.4 Å². The van der Waals surface area contributed by atoms with E-state index >= 15 is 0 Å². The molecule has 3 N–H and O–H groups in total. The van der Waals surface area contributed by atoms with E-state index in [2.05, 4.69) is 4.98 Å². The van der Waals surface area contributed by atoms with Gasteiger partial charge in [0.25, 0.3) is 5.56 Å². The third-order valence-electron chi connectivity index (χ3n) is 5.34. The highest BCUT2D eigenvalue weighted by molar-refractivity contribution is 8.00. The van der Waals surface area contributed by atoms with Gasteiger partial charge in [0.05, 0.1) is 5.75 Å². The molecule has 1 aromatic carbocycles. The molecule has 9 heteroatoms. The Hall–Kier alpha value is -2.55. The zero-order chi connectivity index (χ0) is 21.7. The van der Waals surface area contributed by atoms with Crippen LogP contribution >= 0.6 is 11.8 Å². The van der Waals surface area contributed by atoms with Gasteiger partial charge in [-0.1, -0.05) is 38.3 Å². The van der Waals surface area contributed by atoms with Crippen molar-refractivity contribution in [1.29, 1.82) is 0 Å². The maximum Gasteiger partial charge on any atom is 0.330 e. The van der Waals surface area contributed by atoms with Crippen LogP contribution in [0.3, 0.4) is 0 Å². The zero-order valence-corrected chi connectivity index (χ0v) is 17.8. The molecule has 2 aromatic rings. The molecule has 162 valence electrons. The van der Waals surface area contributed by atoms with Crippen molar-refractivity contribution in [1.82, 2.24) is 9.55 Å². The summed E-state index contributed by atoms with van der Waals surface area (Å²) in [5, 5.41) is 0. The highest BCUT2D eigenvalue weighted by atomic mass is 32.2. The van der Waals surface area contributed by atoms with Crippen molar-refractivity contribution in [2.24, 2.45) is 0 Å². The van der Waals surface area contributed by atoms with E-state index in [-0.39, 0.29) is 29.2 Å². The summed E-state index contributed by atoms with van der Waals surface area (Å²) in [4.78, 5) is 42.3. The number of aromatic nitrogens is 2. The Morgan fingerprint density at radius 3 is 2.67 bits per heavy atom. The number of anilines is 2. The second-order valence-electron chi connectivity index (χ2n) is 7.42. The molecule has 0 unspecified atom stereocenters. The number of nitrogens with two attached hydrogens (primary N) is 1. The van der Waals surface area contributed by atoms with Gasteiger partial charge in [0.2, 0.25) is 5.91 Å². The zero-order valence-electron chi connectivity index (χ0n) is 17.0. The van der Waals surface area contributed by atoms with Gasteiger partial charge in [-0.05, 0) is 31.4 Å². The Labute approximate surface area is 178 Å². The predicted molar refractivity (Wildman–Crippen MR) is 118 cm³/mol. The molecule has 1 fully saturated rings. The normalized spacial score (nSPS) is 14.2. The minimum absolute atomic E-state index is 0.00772. The topological polar surface area (TPSA) is 101 Å². The van der Waals surface area contributed by atoms with Gasteiger partial charge in [-0.25, -0.2) is 9.18 Å². The van der Waals surface area contributed by atoms with Crippen molar-refractivity contribution >= 4 is 29.2 Å². The summed E-state index contributed by atoms with van der Waals surface area (Å²) in [6, 6.07) is 6.08. The van der Waals surface area contributed by atoms with E-state index in [4.69, 9.17) is 5.73 Å². The van der Waals surface area contributed by atoms with Crippen LogP contribution in [0.5, 0.6) is 0 Å². The van der Waals surface area contributed by atoms with Gasteiger partial charge in [0.15, 0.2) is 5.69 Å². The summed E-state index contributed by atoms with van der Waals surface area (Å²) >= 11 is 1.08. The molecular weight excluding hydrogens is 407 g/mol. The summed E-state index contributed by atoms with van der Waals surface area (Å²) in [5.41, 5.74) is 5.03. The molecule has 0 bridgehead atoms. The maximum atomic E-state index is 14.0. The fourth-order valence-electron chi connectivity index (χ4n) is 3.79. The van der Waals surface area contributed by atoms with Gasteiger partial charge in [0, 0.05) is 17.5 Å². The largest absolute Gasteiger partial charge is 0.383 e. The van der Waals surface area contributed by atoms with Crippen molar-refractivity contribution in [3.8, 4) is 0 Å². The minimum Gasteiger partial charge on any atom is -0.383 e. The van der Waals surface area contributed by atoms with Crippen LogP contribution in [-0.2, 0) is 11.3 Å². The van der Waals surface area contributed by atoms with Crippen molar-refractivity contribution in [3.63, 3.8) is 0 Å². The number of carbonyl (C=O) groups is 1. The number of nitrogens with zero attached hydrogens (tertiary/aromatic N) is 2. The number of amides is 1. The summed E-state index contributed by atoms with van der Waals surface area (Å²) in [5.74, 6) is -0.751. The van der Waals surface area contributed by atoms with Gasteiger partial charge >= 0.3 is 5.69 Å². The molecule has 0 spiro atoms. The third-order valence-corrected chi connectivity index (χ3v) is 6.37. The van der Waals surface area contributed by atoms with Gasteiger partial charge in [-0.2, -0.15) is 0 Å². The lowest BCUT2D eigenvalue weighted by Crippen LogP contribution is -2.46. The number of nitrogens with one attached hydrogen (secondary N) is 1. The Kier molecular flexibility index (Phi) is 7.36. The van der Waals surface area contributed by atoms with Crippen LogP contribution in [-0.4, -0.2) is 27.3 Å². The van der Waals surface area contributed by atoms with Crippen LogP contribution in [0.1, 0.15) is 45.4 Å². The van der Waals surface area contributed by atoms with E-state index < -0.39 is 17.1 Å². The fourth-order valence-corrected chi connectivity index (χ4v) is 4.59. The number of unbranched alkanes of at least 4 members (excludes halogenated alkanes) is 1. The fraction of sp³-hybridized carbons (Fsp3) is 0.476. The standard InChI is InChI=1S/C21H27FN4O3S/c1-2-3-12-25-19(23)18(20(28)24-21(25)29)26(14-8-4-5-9-14)17(27)13-30-16-11-7-6-10-15(16)22/h6-7,10-11,14H,2-5,8-9,12-13,23H2,1H3,(H,24,28,29). The monoisotopic (exact) mass is 434 g/mol. The Bertz CT molecular complexity index is 1010. The number of thioether (sulfide) groups is 1. The van der Waals surface area contributed by atoms with Gasteiger partial charge in [-0.3, -0.25) is 19.1 Å². The molecule has 3 rings (SSSR count). The molecule has 1 saturated carbocycles. The number of rotatable bonds is 8. The highest BCUT2D eigenvalue weighted by Crippen LogP contribution is 2.31. The second kappa shape index (κ2) is 9.97. The van der Waals surface area contributed by atoms with Crippen LogP contribution in [0, 0.1) is 5.82 Å². The molecule has 1 heterocycles. The second-order valence-corrected chi connectivity index (χ2v) is 8.44. The van der Waals surface area contributed by atoms with Crippen LogP contribution in [0.2, 0.25) is 0 Å². The van der Waals surface area contributed by atoms with Crippen LogP contribution < -0.4 is 21.9 Å². The molecule has 1 aromatic heterocycles. The average Bonchev–Trinajstić information content (AvgIpc) is 3.24. The van der Waals surface area contributed by atoms with E-state index in [0.717, 1.165) is 50.3 Å². The predicted octanol–water partition coefficient (Wildman–Crippen LogP) is 3.13. The molecule has 1 aliphatic rings. The van der Waals surface area contributed by atoms with Gasteiger partial charge in [0.1, 0.15) is 11.6 Å². The summed E-state index contributed by atoms with van der Waals surface area (Å²) in [7, 11) is 0. The molecule has 0 aliphatic heterocycles. The van der Waals surface area contributed by atoms with Gasteiger partial charge < -0.3 is 10.6 Å².